The van der Waals surface area contributed by atoms with Crippen LogP contribution >= 0.6 is 0 Å². The van der Waals surface area contributed by atoms with Crippen LogP contribution in [-0.2, 0) is 11.2 Å². The van der Waals surface area contributed by atoms with E-state index in [0.29, 0.717) is 18.1 Å². The lowest BCUT2D eigenvalue weighted by Crippen LogP contribution is -2.25. The Hall–Kier alpha value is -1.75. The minimum Gasteiger partial charge on any atom is -0.493 e. The van der Waals surface area contributed by atoms with Crippen molar-refractivity contribution < 1.29 is 14.3 Å². The molecular formula is C15H22N2O3. The standard InChI is InChI=1S/C15H22N2O3/c1-19-14-10-12(11-15(16)18)4-5-13(14)20-9-8-17-6-2-3-7-17/h4-5,10H,2-3,6-9,11H2,1H3,(H2,16,18). The predicted molar refractivity (Wildman–Crippen MR) is 77.1 cm³/mol. The van der Waals surface area contributed by atoms with E-state index in [1.807, 2.05) is 12.1 Å². The molecule has 5 heteroatoms. The molecule has 0 atom stereocenters. The molecule has 110 valence electrons. The van der Waals surface area contributed by atoms with E-state index in [-0.39, 0.29) is 12.3 Å². The Balaban J connectivity index is 1.90. The summed E-state index contributed by atoms with van der Waals surface area (Å²) < 4.78 is 11.1. The fourth-order valence-corrected chi connectivity index (χ4v) is 2.43. The highest BCUT2D eigenvalue weighted by Gasteiger charge is 2.12. The fourth-order valence-electron chi connectivity index (χ4n) is 2.43. The maximum atomic E-state index is 10.9. The van der Waals surface area contributed by atoms with E-state index >= 15 is 0 Å². The average molecular weight is 278 g/mol. The van der Waals surface area contributed by atoms with Crippen LogP contribution in [0.25, 0.3) is 0 Å². The third kappa shape index (κ3) is 4.13. The van der Waals surface area contributed by atoms with E-state index in [2.05, 4.69) is 4.90 Å². The van der Waals surface area contributed by atoms with Crippen LogP contribution in [0.1, 0.15) is 18.4 Å². The molecule has 1 heterocycles. The van der Waals surface area contributed by atoms with E-state index in [1.54, 1.807) is 13.2 Å². The Morgan fingerprint density at radius 3 is 2.70 bits per heavy atom. The van der Waals surface area contributed by atoms with Gasteiger partial charge in [-0.3, -0.25) is 9.69 Å². The predicted octanol–water partition coefficient (Wildman–Crippen LogP) is 1.20. The lowest BCUT2D eigenvalue weighted by molar-refractivity contribution is -0.117. The average Bonchev–Trinajstić information content (AvgIpc) is 2.92. The topological polar surface area (TPSA) is 64.8 Å². The highest BCUT2D eigenvalue weighted by atomic mass is 16.5. The van der Waals surface area contributed by atoms with Gasteiger partial charge in [0.15, 0.2) is 11.5 Å². The van der Waals surface area contributed by atoms with E-state index in [0.717, 1.165) is 25.2 Å². The van der Waals surface area contributed by atoms with Crippen LogP contribution < -0.4 is 15.2 Å². The molecule has 1 aromatic carbocycles. The van der Waals surface area contributed by atoms with Gasteiger partial charge in [0.05, 0.1) is 13.5 Å². The number of hydrogen-bond acceptors (Lipinski definition) is 4. The highest BCUT2D eigenvalue weighted by molar-refractivity contribution is 5.76. The van der Waals surface area contributed by atoms with Gasteiger partial charge in [0, 0.05) is 6.54 Å². The van der Waals surface area contributed by atoms with Gasteiger partial charge in [-0.25, -0.2) is 0 Å². The summed E-state index contributed by atoms with van der Waals surface area (Å²) in [5, 5.41) is 0. The van der Waals surface area contributed by atoms with Crippen molar-refractivity contribution in [3.05, 3.63) is 23.8 Å². The number of carbonyl (C=O) groups is 1. The SMILES string of the molecule is COc1cc(CC(N)=O)ccc1OCCN1CCCC1. The van der Waals surface area contributed by atoms with Crippen LogP contribution in [0.4, 0.5) is 0 Å². The van der Waals surface area contributed by atoms with Crippen LogP contribution in [-0.4, -0.2) is 44.2 Å². The van der Waals surface area contributed by atoms with Crippen molar-refractivity contribution in [1.82, 2.24) is 4.90 Å². The third-order valence-corrected chi connectivity index (χ3v) is 3.47. The van der Waals surface area contributed by atoms with Crippen molar-refractivity contribution in [3.63, 3.8) is 0 Å². The Kier molecular flexibility index (Phi) is 5.24. The summed E-state index contributed by atoms with van der Waals surface area (Å²) in [4.78, 5) is 13.3. The quantitative estimate of drug-likeness (QED) is 0.814. The van der Waals surface area contributed by atoms with Gasteiger partial charge < -0.3 is 15.2 Å². The molecule has 1 aliphatic rings. The summed E-state index contributed by atoms with van der Waals surface area (Å²) >= 11 is 0. The zero-order valence-corrected chi connectivity index (χ0v) is 11.9. The number of nitrogens with zero attached hydrogens (tertiary/aromatic N) is 1. The van der Waals surface area contributed by atoms with Gasteiger partial charge in [0.2, 0.25) is 5.91 Å². The van der Waals surface area contributed by atoms with Gasteiger partial charge in [0.25, 0.3) is 0 Å². The first-order chi connectivity index (χ1) is 9.69. The summed E-state index contributed by atoms with van der Waals surface area (Å²) in [6, 6.07) is 5.48. The Labute approximate surface area is 119 Å². The minimum atomic E-state index is -0.352. The van der Waals surface area contributed by atoms with Crippen molar-refractivity contribution in [3.8, 4) is 11.5 Å². The Morgan fingerprint density at radius 2 is 2.05 bits per heavy atom. The van der Waals surface area contributed by atoms with Crippen LogP contribution in [0.5, 0.6) is 11.5 Å². The van der Waals surface area contributed by atoms with Crippen molar-refractivity contribution in [1.29, 1.82) is 0 Å². The van der Waals surface area contributed by atoms with Crippen LogP contribution in [0, 0.1) is 0 Å². The molecular weight excluding hydrogens is 256 g/mol. The molecule has 1 fully saturated rings. The monoisotopic (exact) mass is 278 g/mol. The second-order valence-electron chi connectivity index (χ2n) is 5.03. The number of benzene rings is 1. The zero-order valence-electron chi connectivity index (χ0n) is 11.9. The lowest BCUT2D eigenvalue weighted by Gasteiger charge is -2.16. The molecule has 0 spiro atoms. The maximum absolute atomic E-state index is 10.9. The first kappa shape index (κ1) is 14.7. The fraction of sp³-hybridized carbons (Fsp3) is 0.533. The highest BCUT2D eigenvalue weighted by Crippen LogP contribution is 2.28. The van der Waals surface area contributed by atoms with Crippen LogP contribution in [0.2, 0.25) is 0 Å². The third-order valence-electron chi connectivity index (χ3n) is 3.47. The summed E-state index contributed by atoms with van der Waals surface area (Å²) in [7, 11) is 1.59. The minimum absolute atomic E-state index is 0.213. The molecule has 1 amide bonds. The number of carbonyl (C=O) groups excluding carboxylic acids is 1. The van der Waals surface area contributed by atoms with Crippen molar-refractivity contribution >= 4 is 5.91 Å². The molecule has 1 aromatic rings. The number of rotatable bonds is 7. The molecule has 0 unspecified atom stereocenters. The largest absolute Gasteiger partial charge is 0.493 e. The first-order valence-corrected chi connectivity index (χ1v) is 6.99. The van der Waals surface area contributed by atoms with E-state index in [9.17, 15) is 4.79 Å². The summed E-state index contributed by atoms with van der Waals surface area (Å²) in [6.07, 6.45) is 2.78. The first-order valence-electron chi connectivity index (χ1n) is 6.99. The van der Waals surface area contributed by atoms with Gasteiger partial charge in [-0.2, -0.15) is 0 Å². The van der Waals surface area contributed by atoms with Crippen LogP contribution in [0.3, 0.4) is 0 Å². The number of hydrogen-bond donors (Lipinski definition) is 1. The van der Waals surface area contributed by atoms with Crippen LogP contribution in [0.15, 0.2) is 18.2 Å². The molecule has 0 bridgehead atoms. The summed E-state index contributed by atoms with van der Waals surface area (Å²) in [6.45, 7) is 3.91. The van der Waals surface area contributed by atoms with Gasteiger partial charge in [-0.05, 0) is 43.6 Å². The van der Waals surface area contributed by atoms with Crippen molar-refractivity contribution in [2.24, 2.45) is 5.73 Å². The molecule has 2 rings (SSSR count). The van der Waals surface area contributed by atoms with Crippen molar-refractivity contribution in [2.45, 2.75) is 19.3 Å². The van der Waals surface area contributed by atoms with E-state index in [4.69, 9.17) is 15.2 Å². The molecule has 0 aliphatic carbocycles. The number of ether oxygens (including phenoxy) is 2. The second kappa shape index (κ2) is 7.14. The van der Waals surface area contributed by atoms with Gasteiger partial charge >= 0.3 is 0 Å². The zero-order chi connectivity index (χ0) is 14.4. The van der Waals surface area contributed by atoms with E-state index in [1.165, 1.54) is 12.8 Å². The Morgan fingerprint density at radius 1 is 1.30 bits per heavy atom. The smallest absolute Gasteiger partial charge is 0.221 e. The molecule has 2 N–H and O–H groups in total. The normalized spacial score (nSPS) is 15.2. The van der Waals surface area contributed by atoms with Gasteiger partial charge in [0.1, 0.15) is 6.61 Å². The molecule has 0 saturated carbocycles. The second-order valence-corrected chi connectivity index (χ2v) is 5.03. The Bertz CT molecular complexity index is 456. The van der Waals surface area contributed by atoms with Crippen molar-refractivity contribution in [2.75, 3.05) is 33.4 Å². The lowest BCUT2D eigenvalue weighted by atomic mass is 10.1. The molecule has 20 heavy (non-hydrogen) atoms. The molecule has 0 aromatic heterocycles. The van der Waals surface area contributed by atoms with Gasteiger partial charge in [-0.15, -0.1) is 0 Å². The number of likely N-dealkylation sites (tertiary alicyclic amines) is 1. The molecule has 5 nitrogen and oxygen atoms in total. The number of methoxy groups -OCH3 is 1. The summed E-state index contributed by atoms with van der Waals surface area (Å²) in [5.41, 5.74) is 6.02. The van der Waals surface area contributed by atoms with Gasteiger partial charge in [-0.1, -0.05) is 6.07 Å². The molecule has 1 aliphatic heterocycles. The molecule has 0 radical (unpaired) electrons. The molecule has 1 saturated heterocycles. The maximum Gasteiger partial charge on any atom is 0.221 e. The number of primary amides is 1. The number of amides is 1. The number of nitrogens with two attached hydrogens (primary N) is 1. The van der Waals surface area contributed by atoms with E-state index < -0.39 is 0 Å². The summed E-state index contributed by atoms with van der Waals surface area (Å²) in [5.74, 6) is 1.000.